The van der Waals surface area contributed by atoms with Gasteiger partial charge in [-0.3, -0.25) is 9.79 Å². The first-order valence-corrected chi connectivity index (χ1v) is 7.16. The molecule has 0 saturated heterocycles. The molecule has 0 atom stereocenters. The number of carbonyl (C=O) groups is 1. The summed E-state index contributed by atoms with van der Waals surface area (Å²) in [6.07, 6.45) is 0. The fourth-order valence-electron chi connectivity index (χ4n) is 2.03. The topological polar surface area (TPSA) is 79.5 Å². The van der Waals surface area contributed by atoms with Crippen molar-refractivity contribution in [1.82, 2.24) is 10.6 Å². The number of hydrogen-bond acceptors (Lipinski definition) is 2. The smallest absolute Gasteiger partial charge is 0.248 e. The minimum absolute atomic E-state index is 0. The Hall–Kier alpha value is -2.16. The predicted octanol–water partition coefficient (Wildman–Crippen LogP) is 2.41. The molecule has 0 fully saturated rings. The molecule has 0 unspecified atom stereocenters. The van der Waals surface area contributed by atoms with Gasteiger partial charge in [0, 0.05) is 25.7 Å². The molecule has 7 heteroatoms. The summed E-state index contributed by atoms with van der Waals surface area (Å²) >= 11 is 0. The molecule has 24 heavy (non-hydrogen) atoms. The van der Waals surface area contributed by atoms with Crippen LogP contribution in [0.5, 0.6) is 0 Å². The highest BCUT2D eigenvalue weighted by Crippen LogP contribution is 2.05. The van der Waals surface area contributed by atoms with Crippen molar-refractivity contribution in [3.63, 3.8) is 0 Å². The Morgan fingerprint density at radius 3 is 2.29 bits per heavy atom. The third kappa shape index (κ3) is 6.15. The average molecular weight is 442 g/mol. The lowest BCUT2D eigenvalue weighted by molar-refractivity contribution is 0.1000. The molecule has 5 nitrogen and oxygen atoms in total. The molecule has 0 aliphatic carbocycles. The van der Waals surface area contributed by atoms with Crippen LogP contribution in [-0.4, -0.2) is 18.9 Å². The number of benzene rings is 2. The Labute approximate surface area is 157 Å². The summed E-state index contributed by atoms with van der Waals surface area (Å²) in [7, 11) is 1.67. The number of rotatable bonds is 5. The van der Waals surface area contributed by atoms with Crippen LogP contribution in [0.4, 0.5) is 4.39 Å². The number of guanidine groups is 1. The third-order valence-corrected chi connectivity index (χ3v) is 3.27. The summed E-state index contributed by atoms with van der Waals surface area (Å²) in [4.78, 5) is 15.3. The molecular formula is C17H20FIN4O. The van der Waals surface area contributed by atoms with Gasteiger partial charge < -0.3 is 16.4 Å². The van der Waals surface area contributed by atoms with Crippen molar-refractivity contribution in [1.29, 1.82) is 0 Å². The number of aliphatic imine (C=N–C) groups is 1. The van der Waals surface area contributed by atoms with E-state index in [1.807, 2.05) is 6.07 Å². The number of amides is 1. The van der Waals surface area contributed by atoms with Gasteiger partial charge >= 0.3 is 0 Å². The van der Waals surface area contributed by atoms with Crippen LogP contribution in [0.3, 0.4) is 0 Å². The second kappa shape index (κ2) is 9.86. The number of nitrogens with zero attached hydrogens (tertiary/aromatic N) is 1. The number of nitrogens with one attached hydrogen (secondary N) is 2. The van der Waals surface area contributed by atoms with Crippen molar-refractivity contribution in [3.05, 3.63) is 71.0 Å². The van der Waals surface area contributed by atoms with Crippen molar-refractivity contribution < 1.29 is 9.18 Å². The minimum atomic E-state index is -0.453. The first-order valence-electron chi connectivity index (χ1n) is 7.16. The van der Waals surface area contributed by atoms with E-state index in [0.29, 0.717) is 24.6 Å². The maximum Gasteiger partial charge on any atom is 0.248 e. The summed E-state index contributed by atoms with van der Waals surface area (Å²) in [5.74, 6) is -0.102. The lowest BCUT2D eigenvalue weighted by Gasteiger charge is -2.12. The van der Waals surface area contributed by atoms with E-state index in [1.54, 1.807) is 37.4 Å². The Balaban J connectivity index is 0.00000288. The summed E-state index contributed by atoms with van der Waals surface area (Å²) in [5.41, 5.74) is 7.61. The molecule has 0 heterocycles. The van der Waals surface area contributed by atoms with Crippen LogP contribution in [0, 0.1) is 5.82 Å². The van der Waals surface area contributed by atoms with Crippen molar-refractivity contribution in [2.24, 2.45) is 10.7 Å². The fraction of sp³-hybridized carbons (Fsp3) is 0.176. The second-order valence-corrected chi connectivity index (χ2v) is 4.97. The molecule has 1 amide bonds. The molecule has 2 aromatic rings. The van der Waals surface area contributed by atoms with Gasteiger partial charge in [0.15, 0.2) is 5.96 Å². The minimum Gasteiger partial charge on any atom is -0.366 e. The molecule has 0 saturated carbocycles. The number of halogens is 2. The zero-order valence-electron chi connectivity index (χ0n) is 13.3. The van der Waals surface area contributed by atoms with E-state index in [4.69, 9.17) is 5.73 Å². The Kier molecular flexibility index (Phi) is 8.17. The van der Waals surface area contributed by atoms with E-state index in [2.05, 4.69) is 15.6 Å². The molecule has 0 aliphatic heterocycles. The zero-order valence-corrected chi connectivity index (χ0v) is 15.6. The maximum absolute atomic E-state index is 12.9. The van der Waals surface area contributed by atoms with Crippen LogP contribution >= 0.6 is 24.0 Å². The van der Waals surface area contributed by atoms with Gasteiger partial charge in [-0.2, -0.15) is 0 Å². The highest BCUT2D eigenvalue weighted by molar-refractivity contribution is 14.0. The highest BCUT2D eigenvalue weighted by Gasteiger charge is 2.03. The van der Waals surface area contributed by atoms with Gasteiger partial charge in [0.25, 0.3) is 0 Å². The van der Waals surface area contributed by atoms with Crippen LogP contribution in [-0.2, 0) is 13.1 Å². The normalized spacial score (nSPS) is 10.7. The summed E-state index contributed by atoms with van der Waals surface area (Å²) in [5, 5.41) is 6.28. The van der Waals surface area contributed by atoms with Crippen molar-refractivity contribution >= 4 is 35.8 Å². The first kappa shape index (κ1) is 19.9. The molecule has 2 aromatic carbocycles. The zero-order chi connectivity index (χ0) is 16.7. The highest BCUT2D eigenvalue weighted by atomic mass is 127. The van der Waals surface area contributed by atoms with Crippen LogP contribution in [0.1, 0.15) is 21.5 Å². The molecule has 2 rings (SSSR count). The molecule has 128 valence electrons. The van der Waals surface area contributed by atoms with Gasteiger partial charge in [0.1, 0.15) is 5.82 Å². The van der Waals surface area contributed by atoms with Gasteiger partial charge in [-0.15, -0.1) is 24.0 Å². The summed E-state index contributed by atoms with van der Waals surface area (Å²) in [6, 6.07) is 13.4. The number of carbonyl (C=O) groups excluding carboxylic acids is 1. The van der Waals surface area contributed by atoms with E-state index in [0.717, 1.165) is 11.1 Å². The SMILES string of the molecule is CN=C(NCc1ccc(F)cc1)NCc1cccc(C(N)=O)c1.I. The molecule has 4 N–H and O–H groups in total. The predicted molar refractivity (Wildman–Crippen MR) is 104 cm³/mol. The maximum atomic E-state index is 12.9. The van der Waals surface area contributed by atoms with Gasteiger partial charge in [0.2, 0.25) is 5.91 Å². The van der Waals surface area contributed by atoms with E-state index >= 15 is 0 Å². The van der Waals surface area contributed by atoms with Gasteiger partial charge in [0.05, 0.1) is 0 Å². The quantitative estimate of drug-likeness (QED) is 0.378. The van der Waals surface area contributed by atoms with Crippen LogP contribution < -0.4 is 16.4 Å². The Bertz CT molecular complexity index is 704. The Morgan fingerprint density at radius 1 is 1.08 bits per heavy atom. The second-order valence-electron chi connectivity index (χ2n) is 4.97. The molecule has 0 aliphatic rings. The third-order valence-electron chi connectivity index (χ3n) is 3.27. The molecule has 0 bridgehead atoms. The lowest BCUT2D eigenvalue weighted by Crippen LogP contribution is -2.36. The van der Waals surface area contributed by atoms with E-state index in [9.17, 15) is 9.18 Å². The fourth-order valence-corrected chi connectivity index (χ4v) is 2.03. The van der Waals surface area contributed by atoms with Crippen LogP contribution in [0.15, 0.2) is 53.5 Å². The van der Waals surface area contributed by atoms with Crippen LogP contribution in [0.25, 0.3) is 0 Å². The monoisotopic (exact) mass is 442 g/mol. The summed E-state index contributed by atoms with van der Waals surface area (Å²) < 4.78 is 12.9. The lowest BCUT2D eigenvalue weighted by atomic mass is 10.1. The van der Waals surface area contributed by atoms with E-state index in [-0.39, 0.29) is 29.8 Å². The van der Waals surface area contributed by atoms with Crippen molar-refractivity contribution in [2.45, 2.75) is 13.1 Å². The summed E-state index contributed by atoms with van der Waals surface area (Å²) in [6.45, 7) is 1.03. The molecule has 0 spiro atoms. The van der Waals surface area contributed by atoms with Crippen molar-refractivity contribution in [2.75, 3.05) is 7.05 Å². The van der Waals surface area contributed by atoms with E-state index < -0.39 is 5.91 Å². The van der Waals surface area contributed by atoms with Crippen LogP contribution in [0.2, 0.25) is 0 Å². The van der Waals surface area contributed by atoms with E-state index in [1.165, 1.54) is 12.1 Å². The van der Waals surface area contributed by atoms with Gasteiger partial charge in [-0.25, -0.2) is 4.39 Å². The largest absolute Gasteiger partial charge is 0.366 e. The average Bonchev–Trinajstić information content (AvgIpc) is 2.57. The number of hydrogen-bond donors (Lipinski definition) is 3. The number of primary amides is 1. The Morgan fingerprint density at radius 2 is 1.71 bits per heavy atom. The number of nitrogens with two attached hydrogens (primary N) is 1. The first-order chi connectivity index (χ1) is 11.1. The standard InChI is InChI=1S/C17H19FN4O.HI/c1-20-17(21-10-12-5-7-15(18)8-6-12)22-11-13-3-2-4-14(9-13)16(19)23;/h2-9H,10-11H2,1H3,(H2,19,23)(H2,20,21,22);1H. The van der Waals surface area contributed by atoms with Crippen molar-refractivity contribution in [3.8, 4) is 0 Å². The molecule has 0 radical (unpaired) electrons. The van der Waals surface area contributed by atoms with Gasteiger partial charge in [-0.05, 0) is 35.4 Å². The molecule has 0 aromatic heterocycles. The van der Waals surface area contributed by atoms with Gasteiger partial charge in [-0.1, -0.05) is 24.3 Å². The molecular weight excluding hydrogens is 422 g/mol.